The number of aryl methyl sites for hydroxylation is 1. The number of ether oxygens (including phenoxy) is 1. The number of anilines is 2. The van der Waals surface area contributed by atoms with Crippen LogP contribution in [0.2, 0.25) is 5.02 Å². The van der Waals surface area contributed by atoms with Gasteiger partial charge in [0.15, 0.2) is 6.10 Å². The molecule has 4 rings (SSSR count). The zero-order chi connectivity index (χ0) is 21.3. The van der Waals surface area contributed by atoms with Crippen molar-refractivity contribution in [3.05, 3.63) is 58.6 Å². The zero-order valence-electron chi connectivity index (χ0n) is 16.8. The van der Waals surface area contributed by atoms with Crippen molar-refractivity contribution >= 4 is 40.8 Å². The fourth-order valence-corrected chi connectivity index (χ4v) is 4.23. The Balaban J connectivity index is 1.49. The van der Waals surface area contributed by atoms with E-state index in [-0.39, 0.29) is 17.4 Å². The van der Waals surface area contributed by atoms with Crippen LogP contribution in [-0.2, 0) is 20.7 Å². The highest BCUT2D eigenvalue weighted by Gasteiger charge is 2.29. The summed E-state index contributed by atoms with van der Waals surface area (Å²) in [5.74, 6) is -0.889. The molecule has 2 aliphatic rings. The number of esters is 1. The molecule has 0 unspecified atom stereocenters. The van der Waals surface area contributed by atoms with E-state index < -0.39 is 12.1 Å². The molecule has 0 bridgehead atoms. The van der Waals surface area contributed by atoms with E-state index in [0.717, 1.165) is 30.5 Å². The maximum absolute atomic E-state index is 13.0. The Labute approximate surface area is 180 Å². The molecule has 7 heteroatoms. The summed E-state index contributed by atoms with van der Waals surface area (Å²) in [6.07, 6.45) is 2.09. The van der Waals surface area contributed by atoms with Crippen LogP contribution in [0.25, 0.3) is 0 Å². The first-order valence-electron chi connectivity index (χ1n) is 10.2. The maximum Gasteiger partial charge on any atom is 0.338 e. The average Bonchev–Trinajstić information content (AvgIpc) is 3.18. The molecule has 0 spiro atoms. The first-order chi connectivity index (χ1) is 14.5. The Hall–Kier alpha value is -2.86. The van der Waals surface area contributed by atoms with Gasteiger partial charge in [-0.3, -0.25) is 9.59 Å². The molecule has 2 amide bonds. The van der Waals surface area contributed by atoms with Crippen LogP contribution in [0, 0.1) is 0 Å². The molecule has 0 aliphatic carbocycles. The minimum atomic E-state index is -0.934. The van der Waals surface area contributed by atoms with Gasteiger partial charge in [-0.05, 0) is 56.0 Å². The minimum Gasteiger partial charge on any atom is -0.449 e. The summed E-state index contributed by atoms with van der Waals surface area (Å²) in [6, 6.07) is 12.5. The Morgan fingerprint density at radius 2 is 1.80 bits per heavy atom. The van der Waals surface area contributed by atoms with E-state index >= 15 is 0 Å². The third kappa shape index (κ3) is 3.92. The van der Waals surface area contributed by atoms with Gasteiger partial charge in [0.2, 0.25) is 5.91 Å². The van der Waals surface area contributed by atoms with Crippen molar-refractivity contribution in [2.45, 2.75) is 38.7 Å². The van der Waals surface area contributed by atoms with Crippen LogP contribution in [-0.4, -0.2) is 37.0 Å². The molecule has 6 nitrogen and oxygen atoms in total. The van der Waals surface area contributed by atoms with Gasteiger partial charge >= 0.3 is 5.97 Å². The molecule has 0 radical (unpaired) electrons. The largest absolute Gasteiger partial charge is 0.449 e. The van der Waals surface area contributed by atoms with Crippen LogP contribution in [0.3, 0.4) is 0 Å². The van der Waals surface area contributed by atoms with E-state index in [1.54, 1.807) is 34.9 Å². The molecule has 0 N–H and O–H groups in total. The van der Waals surface area contributed by atoms with Gasteiger partial charge in [0.25, 0.3) is 5.91 Å². The molecule has 2 aromatic carbocycles. The summed E-state index contributed by atoms with van der Waals surface area (Å²) in [5, 5.41) is 0.399. The SMILES string of the molecule is C[C@H](OC(=O)c1ccc(Cl)c(N2CCCC2=O)c1)C(=O)N1CCCc2ccccc21. The lowest BCUT2D eigenvalue weighted by molar-refractivity contribution is -0.126. The predicted octanol–water partition coefficient (Wildman–Crippen LogP) is 3.99. The quantitative estimate of drug-likeness (QED) is 0.693. The third-order valence-corrected chi connectivity index (χ3v) is 5.87. The first kappa shape index (κ1) is 20.4. The number of hydrogen-bond donors (Lipinski definition) is 0. The molecular weight excluding hydrogens is 404 g/mol. The van der Waals surface area contributed by atoms with Crippen molar-refractivity contribution in [1.82, 2.24) is 0 Å². The molecule has 0 saturated carbocycles. The van der Waals surface area contributed by atoms with E-state index in [1.165, 1.54) is 0 Å². The van der Waals surface area contributed by atoms with Crippen molar-refractivity contribution in [3.8, 4) is 0 Å². The number of carbonyl (C=O) groups excluding carboxylic acids is 3. The molecular formula is C23H23ClN2O4. The molecule has 1 atom stereocenters. The highest BCUT2D eigenvalue weighted by molar-refractivity contribution is 6.34. The second kappa shape index (κ2) is 8.48. The number of para-hydroxylation sites is 1. The monoisotopic (exact) mass is 426 g/mol. The number of rotatable bonds is 4. The van der Waals surface area contributed by atoms with Gasteiger partial charge in [0, 0.05) is 25.2 Å². The smallest absolute Gasteiger partial charge is 0.338 e. The van der Waals surface area contributed by atoms with Gasteiger partial charge in [-0.25, -0.2) is 4.79 Å². The van der Waals surface area contributed by atoms with Gasteiger partial charge in [-0.15, -0.1) is 0 Å². The van der Waals surface area contributed by atoms with E-state index in [4.69, 9.17) is 16.3 Å². The van der Waals surface area contributed by atoms with Crippen molar-refractivity contribution in [1.29, 1.82) is 0 Å². The fourth-order valence-electron chi connectivity index (χ4n) is 4.01. The van der Waals surface area contributed by atoms with Gasteiger partial charge in [-0.1, -0.05) is 29.8 Å². The molecule has 2 aromatic rings. The van der Waals surface area contributed by atoms with E-state index in [2.05, 4.69) is 0 Å². The van der Waals surface area contributed by atoms with Crippen molar-refractivity contribution in [3.63, 3.8) is 0 Å². The second-order valence-electron chi connectivity index (χ2n) is 7.58. The van der Waals surface area contributed by atoms with Gasteiger partial charge < -0.3 is 14.5 Å². The Morgan fingerprint density at radius 1 is 1.03 bits per heavy atom. The lowest BCUT2D eigenvalue weighted by atomic mass is 10.0. The Bertz CT molecular complexity index is 1010. The number of carbonyl (C=O) groups is 3. The first-order valence-corrected chi connectivity index (χ1v) is 10.5. The highest BCUT2D eigenvalue weighted by atomic mass is 35.5. The molecule has 1 saturated heterocycles. The summed E-state index contributed by atoms with van der Waals surface area (Å²) in [7, 11) is 0. The van der Waals surface area contributed by atoms with E-state index in [1.807, 2.05) is 24.3 Å². The number of amides is 2. The summed E-state index contributed by atoms with van der Waals surface area (Å²) < 4.78 is 5.47. The third-order valence-electron chi connectivity index (χ3n) is 5.55. The fraction of sp³-hybridized carbons (Fsp3) is 0.348. The number of nitrogens with zero attached hydrogens (tertiary/aromatic N) is 2. The number of fused-ring (bicyclic) bond motifs is 1. The minimum absolute atomic E-state index is 0.0188. The van der Waals surface area contributed by atoms with Gasteiger partial charge in [-0.2, -0.15) is 0 Å². The number of hydrogen-bond acceptors (Lipinski definition) is 4. The second-order valence-corrected chi connectivity index (χ2v) is 7.99. The lowest BCUT2D eigenvalue weighted by Gasteiger charge is -2.31. The summed E-state index contributed by atoms with van der Waals surface area (Å²) in [6.45, 7) is 2.75. The van der Waals surface area contributed by atoms with Crippen LogP contribution < -0.4 is 9.80 Å². The van der Waals surface area contributed by atoms with Crippen LogP contribution in [0.1, 0.15) is 42.1 Å². The maximum atomic E-state index is 13.0. The molecule has 156 valence electrons. The summed E-state index contributed by atoms with van der Waals surface area (Å²) >= 11 is 6.25. The van der Waals surface area contributed by atoms with E-state index in [9.17, 15) is 14.4 Å². The van der Waals surface area contributed by atoms with Gasteiger partial charge in [0.05, 0.1) is 16.3 Å². The van der Waals surface area contributed by atoms with Crippen molar-refractivity contribution < 1.29 is 19.1 Å². The molecule has 0 aromatic heterocycles. The number of benzene rings is 2. The zero-order valence-corrected chi connectivity index (χ0v) is 17.5. The molecule has 2 heterocycles. The Kier molecular flexibility index (Phi) is 5.77. The number of halogens is 1. The predicted molar refractivity (Wildman–Crippen MR) is 115 cm³/mol. The molecule has 1 fully saturated rings. The van der Waals surface area contributed by atoms with Crippen LogP contribution in [0.4, 0.5) is 11.4 Å². The topological polar surface area (TPSA) is 66.9 Å². The average molecular weight is 427 g/mol. The molecule has 2 aliphatic heterocycles. The van der Waals surface area contributed by atoms with Crippen molar-refractivity contribution in [2.75, 3.05) is 22.9 Å². The van der Waals surface area contributed by atoms with Crippen LogP contribution >= 0.6 is 11.6 Å². The normalized spacial score (nSPS) is 16.9. The summed E-state index contributed by atoms with van der Waals surface area (Å²) in [4.78, 5) is 41.0. The Morgan fingerprint density at radius 3 is 2.57 bits per heavy atom. The highest BCUT2D eigenvalue weighted by Crippen LogP contribution is 2.31. The van der Waals surface area contributed by atoms with Crippen LogP contribution in [0.5, 0.6) is 0 Å². The molecule has 30 heavy (non-hydrogen) atoms. The lowest BCUT2D eigenvalue weighted by Crippen LogP contribution is -2.42. The summed E-state index contributed by atoms with van der Waals surface area (Å²) in [5.41, 5.74) is 2.75. The standard InChI is InChI=1S/C23H23ClN2O4/c1-15(22(28)26-13-4-7-16-6-2-3-8-19(16)26)30-23(29)17-10-11-18(24)20(14-17)25-12-5-9-21(25)27/h2-3,6,8,10-11,14-15H,4-5,7,9,12-13H2,1H3/t15-/m0/s1. The van der Waals surface area contributed by atoms with Crippen molar-refractivity contribution in [2.24, 2.45) is 0 Å². The van der Waals surface area contributed by atoms with E-state index in [0.29, 0.717) is 30.2 Å². The van der Waals surface area contributed by atoms with Crippen LogP contribution in [0.15, 0.2) is 42.5 Å². The van der Waals surface area contributed by atoms with Gasteiger partial charge in [0.1, 0.15) is 0 Å².